The first kappa shape index (κ1) is 28.1. The normalized spacial score (nSPS) is 14.6. The molecule has 9 nitrogen and oxygen atoms in total. The van der Waals surface area contributed by atoms with Crippen molar-refractivity contribution in [2.24, 2.45) is 5.73 Å². The number of nitrogens with zero attached hydrogens (tertiary/aromatic N) is 3. The number of likely N-dealkylation sites (N-methyl/N-ethyl adjacent to an activating group) is 1. The first-order valence-corrected chi connectivity index (χ1v) is 12.6. The van der Waals surface area contributed by atoms with Gasteiger partial charge in [0.2, 0.25) is 5.88 Å². The Hall–Kier alpha value is -3.87. The summed E-state index contributed by atoms with van der Waals surface area (Å²) in [6.45, 7) is 4.34. The number of amides is 2. The van der Waals surface area contributed by atoms with Gasteiger partial charge in [-0.2, -0.15) is 13.2 Å². The largest absolute Gasteiger partial charge is 0.439 e. The van der Waals surface area contributed by atoms with Crippen molar-refractivity contribution in [2.45, 2.75) is 12.7 Å². The van der Waals surface area contributed by atoms with Crippen LogP contribution in [0.2, 0.25) is 0 Å². The van der Waals surface area contributed by atoms with Gasteiger partial charge in [-0.1, -0.05) is 6.07 Å². The second-order valence-corrected chi connectivity index (χ2v) is 9.25. The third-order valence-electron chi connectivity index (χ3n) is 6.21. The van der Waals surface area contributed by atoms with Gasteiger partial charge in [0.25, 0.3) is 0 Å². The van der Waals surface area contributed by atoms with E-state index < -0.39 is 17.8 Å². The lowest BCUT2D eigenvalue weighted by molar-refractivity contribution is -0.138. The minimum absolute atomic E-state index is 0.0520. The molecule has 1 saturated heterocycles. The fourth-order valence-electron chi connectivity index (χ4n) is 4.12. The highest BCUT2D eigenvalue weighted by Crippen LogP contribution is 2.34. The van der Waals surface area contributed by atoms with Crippen LogP contribution in [0.1, 0.15) is 11.1 Å². The summed E-state index contributed by atoms with van der Waals surface area (Å²) in [7, 11) is 1.99. The van der Waals surface area contributed by atoms with Crippen LogP contribution in [0.3, 0.4) is 0 Å². The number of carbonyl (C=O) groups excluding carboxylic acids is 1. The maximum absolute atomic E-state index is 13.8. The van der Waals surface area contributed by atoms with Crippen LogP contribution in [-0.2, 0) is 12.7 Å². The van der Waals surface area contributed by atoms with Gasteiger partial charge in [0, 0.05) is 75.1 Å². The van der Waals surface area contributed by atoms with E-state index >= 15 is 0 Å². The minimum atomic E-state index is -4.54. The molecule has 0 atom stereocenters. The monoisotopic (exact) mass is 543 g/mol. The molecule has 3 aromatic rings. The van der Waals surface area contributed by atoms with Gasteiger partial charge in [-0.25, -0.2) is 9.78 Å². The molecule has 0 spiro atoms. The van der Waals surface area contributed by atoms with Crippen molar-refractivity contribution in [2.75, 3.05) is 62.3 Å². The highest BCUT2D eigenvalue weighted by Gasteiger charge is 2.34. The number of rotatable bonds is 9. The van der Waals surface area contributed by atoms with Crippen LogP contribution >= 0.6 is 0 Å². The molecule has 5 N–H and O–H groups in total. The zero-order valence-electron chi connectivity index (χ0n) is 21.6. The first-order valence-electron chi connectivity index (χ1n) is 12.6. The summed E-state index contributed by atoms with van der Waals surface area (Å²) < 4.78 is 47.2. The van der Waals surface area contributed by atoms with Crippen molar-refractivity contribution in [3.05, 3.63) is 71.9 Å². The Kier molecular flexibility index (Phi) is 9.23. The van der Waals surface area contributed by atoms with E-state index in [0.717, 1.165) is 24.8 Å². The second-order valence-electron chi connectivity index (χ2n) is 9.25. The average molecular weight is 544 g/mol. The third-order valence-corrected chi connectivity index (χ3v) is 6.21. The number of nitrogens with two attached hydrogens (primary N) is 1. The molecular formula is C27H32F3N7O2. The second kappa shape index (κ2) is 12.8. The fraction of sp³-hybridized carbons (Fsp3) is 0.333. The molecule has 4 rings (SSSR count). The number of benzene rings is 2. The smallest absolute Gasteiger partial charge is 0.416 e. The Morgan fingerprint density at radius 2 is 1.67 bits per heavy atom. The van der Waals surface area contributed by atoms with Gasteiger partial charge >= 0.3 is 12.2 Å². The summed E-state index contributed by atoms with van der Waals surface area (Å²) in [6.07, 6.45) is -2.93. The van der Waals surface area contributed by atoms with Gasteiger partial charge in [-0.3, -0.25) is 4.90 Å². The lowest BCUT2D eigenvalue weighted by Gasteiger charge is -2.33. The van der Waals surface area contributed by atoms with Crippen molar-refractivity contribution >= 4 is 23.1 Å². The highest BCUT2D eigenvalue weighted by atomic mass is 19.4. The van der Waals surface area contributed by atoms with E-state index in [9.17, 15) is 18.0 Å². The van der Waals surface area contributed by atoms with Gasteiger partial charge in [-0.05, 0) is 55.1 Å². The molecule has 0 saturated carbocycles. The van der Waals surface area contributed by atoms with Crippen LogP contribution in [0.5, 0.6) is 11.6 Å². The van der Waals surface area contributed by atoms with E-state index in [1.54, 1.807) is 42.6 Å². The van der Waals surface area contributed by atoms with Crippen molar-refractivity contribution in [3.63, 3.8) is 0 Å². The summed E-state index contributed by atoms with van der Waals surface area (Å²) >= 11 is 0. The molecule has 0 radical (unpaired) electrons. The summed E-state index contributed by atoms with van der Waals surface area (Å²) in [5.74, 6) is 0.877. The molecule has 1 fully saturated rings. The molecular weight excluding hydrogens is 511 g/mol. The van der Waals surface area contributed by atoms with Gasteiger partial charge in [-0.15, -0.1) is 0 Å². The van der Waals surface area contributed by atoms with E-state index in [1.807, 2.05) is 11.9 Å². The Morgan fingerprint density at radius 1 is 0.974 bits per heavy atom. The zero-order valence-corrected chi connectivity index (χ0v) is 21.6. The minimum Gasteiger partial charge on any atom is -0.439 e. The topological polar surface area (TPSA) is 108 Å². The van der Waals surface area contributed by atoms with Crippen molar-refractivity contribution in [3.8, 4) is 11.6 Å². The molecule has 0 bridgehead atoms. The van der Waals surface area contributed by atoms with Crippen LogP contribution in [-0.4, -0.2) is 67.1 Å². The van der Waals surface area contributed by atoms with Gasteiger partial charge in [0.05, 0.1) is 5.56 Å². The number of aromatic nitrogens is 1. The Morgan fingerprint density at radius 3 is 2.36 bits per heavy atom. The molecule has 39 heavy (non-hydrogen) atoms. The number of carbonyl (C=O) groups is 1. The van der Waals surface area contributed by atoms with Crippen LogP contribution in [0, 0.1) is 0 Å². The maximum atomic E-state index is 13.8. The maximum Gasteiger partial charge on any atom is 0.416 e. The number of piperazine rings is 1. The van der Waals surface area contributed by atoms with Crippen LogP contribution in [0.15, 0.2) is 60.8 Å². The molecule has 2 aromatic carbocycles. The van der Waals surface area contributed by atoms with E-state index in [0.29, 0.717) is 43.5 Å². The zero-order chi connectivity index (χ0) is 27.8. The summed E-state index contributed by atoms with van der Waals surface area (Å²) in [4.78, 5) is 20.8. The van der Waals surface area contributed by atoms with Gasteiger partial charge in [0.1, 0.15) is 5.75 Å². The Labute approximate surface area is 225 Å². The molecule has 208 valence electrons. The van der Waals surface area contributed by atoms with Crippen LogP contribution in [0.25, 0.3) is 0 Å². The first-order chi connectivity index (χ1) is 18.7. The number of halogens is 3. The van der Waals surface area contributed by atoms with Crippen LogP contribution in [0.4, 0.5) is 35.0 Å². The third kappa shape index (κ3) is 8.31. The van der Waals surface area contributed by atoms with E-state index in [1.165, 1.54) is 12.1 Å². The van der Waals surface area contributed by atoms with Gasteiger partial charge < -0.3 is 31.3 Å². The number of nitrogens with one attached hydrogen (secondary N) is 3. The number of hydrogen-bond acceptors (Lipinski definition) is 7. The molecule has 1 aliphatic heterocycles. The molecule has 0 aliphatic carbocycles. The van der Waals surface area contributed by atoms with E-state index in [2.05, 4.69) is 25.8 Å². The number of pyridine rings is 1. The summed E-state index contributed by atoms with van der Waals surface area (Å²) in [6, 6.07) is 13.3. The number of urea groups is 1. The van der Waals surface area contributed by atoms with E-state index in [4.69, 9.17) is 10.5 Å². The molecule has 12 heteroatoms. The quantitative estimate of drug-likeness (QED) is 0.311. The van der Waals surface area contributed by atoms with Crippen molar-refractivity contribution < 1.29 is 22.7 Å². The lowest BCUT2D eigenvalue weighted by atomic mass is 10.0. The average Bonchev–Trinajstić information content (AvgIpc) is 2.90. The predicted molar refractivity (Wildman–Crippen MR) is 145 cm³/mol. The number of alkyl halides is 3. The Bertz CT molecular complexity index is 1250. The summed E-state index contributed by atoms with van der Waals surface area (Å²) in [5.41, 5.74) is 6.25. The van der Waals surface area contributed by atoms with Gasteiger partial charge in [0.15, 0.2) is 0 Å². The highest BCUT2D eigenvalue weighted by molar-refractivity contribution is 5.99. The molecule has 1 aromatic heterocycles. The standard InChI is InChI=1S/C27H32F3N7O2/c1-36-12-14-37(15-13-36)18-19-2-3-22(16-24(19)27(28,29)30)35-26(38)34-20-4-6-23(7-5-20)39-25-17-21(8-10-33-25)32-11-9-31/h2-8,10,16-17H,9,11-15,18,31H2,1H3,(H,32,33)(H2,34,35,38). The molecule has 2 heterocycles. The molecule has 1 aliphatic rings. The summed E-state index contributed by atoms with van der Waals surface area (Å²) in [5, 5.41) is 8.25. The number of anilines is 3. The number of ether oxygens (including phenoxy) is 1. The van der Waals surface area contributed by atoms with Crippen molar-refractivity contribution in [1.29, 1.82) is 0 Å². The molecule has 0 unspecified atom stereocenters. The fourth-order valence-corrected chi connectivity index (χ4v) is 4.12. The van der Waals surface area contributed by atoms with E-state index in [-0.39, 0.29) is 17.8 Å². The molecule has 2 amide bonds. The van der Waals surface area contributed by atoms with Crippen LogP contribution < -0.4 is 26.4 Å². The predicted octanol–water partition coefficient (Wildman–Crippen LogP) is 4.65. The Balaban J connectivity index is 1.35. The number of hydrogen-bond donors (Lipinski definition) is 4. The SMILES string of the molecule is CN1CCN(Cc2ccc(NC(=O)Nc3ccc(Oc4cc(NCCN)ccn4)cc3)cc2C(F)(F)F)CC1. The van der Waals surface area contributed by atoms with Crippen molar-refractivity contribution in [1.82, 2.24) is 14.8 Å². The lowest BCUT2D eigenvalue weighted by Crippen LogP contribution is -2.44.